The number of anilines is 1. The zero-order chi connectivity index (χ0) is 26.1. The highest BCUT2D eigenvalue weighted by Gasteiger charge is 2.34. The van der Waals surface area contributed by atoms with Crippen LogP contribution in [0.3, 0.4) is 0 Å². The summed E-state index contributed by atoms with van der Waals surface area (Å²) in [7, 11) is 1.39. The molecule has 1 aliphatic carbocycles. The number of carbonyl (C=O) groups excluding carboxylic acids is 1. The minimum Gasteiger partial charge on any atom is -0.481 e. The van der Waals surface area contributed by atoms with Gasteiger partial charge in [0.2, 0.25) is 0 Å². The summed E-state index contributed by atoms with van der Waals surface area (Å²) < 4.78 is 7.26. The molecule has 0 saturated heterocycles. The van der Waals surface area contributed by atoms with Gasteiger partial charge in [0, 0.05) is 30.0 Å². The number of aromatic nitrogens is 2. The van der Waals surface area contributed by atoms with Gasteiger partial charge in [0.1, 0.15) is 5.82 Å². The molecule has 0 spiro atoms. The van der Waals surface area contributed by atoms with Crippen LogP contribution < -0.4 is 4.90 Å². The number of nitriles is 1. The van der Waals surface area contributed by atoms with Crippen LogP contribution >= 0.6 is 0 Å². The van der Waals surface area contributed by atoms with Gasteiger partial charge in [-0.2, -0.15) is 5.26 Å². The molecule has 5 rings (SSSR count). The summed E-state index contributed by atoms with van der Waals surface area (Å²) in [6, 6.07) is 15.7. The SMILES string of the molecule is COC(=O)N1c2ccc3c(nc(CC(C(=O)O)c4ccccc4)n3C3CCCC(C#N)C3)c2CCC1C. The molecule has 1 saturated carbocycles. The maximum Gasteiger partial charge on any atom is 0.414 e. The lowest BCUT2D eigenvalue weighted by Crippen LogP contribution is -2.42. The van der Waals surface area contributed by atoms with Gasteiger partial charge >= 0.3 is 12.1 Å². The molecule has 1 N–H and O–H groups in total. The summed E-state index contributed by atoms with van der Waals surface area (Å²) in [5.41, 5.74) is 4.27. The van der Waals surface area contributed by atoms with Gasteiger partial charge in [0.15, 0.2) is 0 Å². The number of fused-ring (bicyclic) bond motifs is 3. The Kier molecular flexibility index (Phi) is 6.88. The molecule has 8 heteroatoms. The number of amides is 1. The minimum absolute atomic E-state index is 0.00292. The number of hydrogen-bond acceptors (Lipinski definition) is 5. The Balaban J connectivity index is 1.66. The molecule has 4 atom stereocenters. The fraction of sp³-hybridized carbons (Fsp3) is 0.448. The first kappa shape index (κ1) is 24.8. The summed E-state index contributed by atoms with van der Waals surface area (Å²) in [5, 5.41) is 19.8. The zero-order valence-corrected chi connectivity index (χ0v) is 21.3. The third-order valence-electron chi connectivity index (χ3n) is 7.98. The number of carboxylic acid groups (broad SMARTS) is 1. The van der Waals surface area contributed by atoms with Gasteiger partial charge in [-0.05, 0) is 56.7 Å². The van der Waals surface area contributed by atoms with Crippen molar-refractivity contribution in [2.75, 3.05) is 12.0 Å². The number of rotatable bonds is 5. The van der Waals surface area contributed by atoms with Crippen LogP contribution in [0.5, 0.6) is 0 Å². The molecule has 2 heterocycles. The average Bonchev–Trinajstić information content (AvgIpc) is 3.30. The van der Waals surface area contributed by atoms with Crippen molar-refractivity contribution < 1.29 is 19.4 Å². The summed E-state index contributed by atoms with van der Waals surface area (Å²) in [6.07, 6.45) is 4.87. The molecule has 0 bridgehead atoms. The largest absolute Gasteiger partial charge is 0.481 e. The molecule has 1 fully saturated rings. The summed E-state index contributed by atoms with van der Waals surface area (Å²) >= 11 is 0. The van der Waals surface area contributed by atoms with Crippen LogP contribution in [0.15, 0.2) is 42.5 Å². The Morgan fingerprint density at radius 3 is 2.68 bits per heavy atom. The van der Waals surface area contributed by atoms with Gasteiger partial charge in [-0.15, -0.1) is 0 Å². The van der Waals surface area contributed by atoms with E-state index in [9.17, 15) is 20.0 Å². The standard InChI is InChI=1S/C29H32N4O4/c1-18-11-12-22-24(32(18)29(36)37-2)13-14-25-27(22)31-26(33(25)21-10-6-7-19(15-21)17-30)16-23(28(34)35)20-8-4-3-5-9-20/h3-5,8-9,13-14,18-19,21,23H,6-7,10-12,15-16H2,1-2H3,(H,34,35). The number of hydrogen-bond donors (Lipinski definition) is 1. The molecule has 1 aliphatic heterocycles. The molecule has 8 nitrogen and oxygen atoms in total. The van der Waals surface area contributed by atoms with E-state index in [2.05, 4.69) is 10.6 Å². The monoisotopic (exact) mass is 500 g/mol. The molecule has 1 amide bonds. The molecule has 1 aromatic heterocycles. The quantitative estimate of drug-likeness (QED) is 0.488. The molecule has 37 heavy (non-hydrogen) atoms. The van der Waals surface area contributed by atoms with Crippen molar-refractivity contribution in [3.05, 3.63) is 59.4 Å². The second kappa shape index (κ2) is 10.3. The maximum absolute atomic E-state index is 12.6. The maximum atomic E-state index is 12.6. The molecule has 3 aromatic rings. The summed E-state index contributed by atoms with van der Waals surface area (Å²) in [6.45, 7) is 2.01. The number of carbonyl (C=O) groups is 2. The molecular formula is C29H32N4O4. The van der Waals surface area contributed by atoms with Gasteiger partial charge in [-0.3, -0.25) is 9.69 Å². The van der Waals surface area contributed by atoms with E-state index in [4.69, 9.17) is 9.72 Å². The second-order valence-electron chi connectivity index (χ2n) is 10.2. The van der Waals surface area contributed by atoms with Crippen molar-refractivity contribution in [3.8, 4) is 6.07 Å². The van der Waals surface area contributed by atoms with Crippen molar-refractivity contribution in [1.29, 1.82) is 5.26 Å². The van der Waals surface area contributed by atoms with Crippen LogP contribution in [0.4, 0.5) is 10.5 Å². The van der Waals surface area contributed by atoms with Gasteiger partial charge < -0.3 is 14.4 Å². The van der Waals surface area contributed by atoms with E-state index in [1.165, 1.54) is 7.11 Å². The van der Waals surface area contributed by atoms with Gasteiger partial charge in [-0.1, -0.05) is 36.8 Å². The Morgan fingerprint density at radius 1 is 1.19 bits per heavy atom. The highest BCUT2D eigenvalue weighted by atomic mass is 16.5. The number of aryl methyl sites for hydroxylation is 1. The lowest BCUT2D eigenvalue weighted by atomic mass is 9.86. The summed E-state index contributed by atoms with van der Waals surface area (Å²) in [5.74, 6) is -0.946. The molecule has 4 unspecified atom stereocenters. The van der Waals surface area contributed by atoms with Gasteiger partial charge in [-0.25, -0.2) is 9.78 Å². The van der Waals surface area contributed by atoms with Crippen LogP contribution in [0.1, 0.15) is 67.9 Å². The normalized spacial score (nSPS) is 22.2. The number of nitrogens with zero attached hydrogens (tertiary/aromatic N) is 4. The first-order valence-electron chi connectivity index (χ1n) is 13.0. The molecule has 0 radical (unpaired) electrons. The van der Waals surface area contributed by atoms with E-state index in [0.29, 0.717) is 5.82 Å². The highest BCUT2D eigenvalue weighted by Crippen LogP contribution is 2.41. The van der Waals surface area contributed by atoms with E-state index < -0.39 is 18.0 Å². The number of aliphatic carboxylic acids is 1. The third kappa shape index (κ3) is 4.55. The van der Waals surface area contributed by atoms with Crippen molar-refractivity contribution >= 4 is 28.8 Å². The fourth-order valence-electron chi connectivity index (χ4n) is 6.11. The topological polar surface area (TPSA) is 108 Å². The Labute approximate surface area is 216 Å². The zero-order valence-electron chi connectivity index (χ0n) is 21.3. The first-order chi connectivity index (χ1) is 17.9. The van der Waals surface area contributed by atoms with Crippen molar-refractivity contribution in [2.24, 2.45) is 5.92 Å². The number of methoxy groups -OCH3 is 1. The van der Waals surface area contributed by atoms with E-state index in [0.717, 1.165) is 66.4 Å². The van der Waals surface area contributed by atoms with Crippen molar-refractivity contribution in [1.82, 2.24) is 9.55 Å². The van der Waals surface area contributed by atoms with Crippen molar-refractivity contribution in [3.63, 3.8) is 0 Å². The number of benzene rings is 2. The molecule has 192 valence electrons. The van der Waals surface area contributed by atoms with Crippen LogP contribution in [0, 0.1) is 17.2 Å². The van der Waals surface area contributed by atoms with Crippen LogP contribution in [-0.4, -0.2) is 39.9 Å². The lowest BCUT2D eigenvalue weighted by molar-refractivity contribution is -0.138. The predicted octanol–water partition coefficient (Wildman–Crippen LogP) is 5.61. The minimum atomic E-state index is -0.893. The number of carboxylic acids is 1. The van der Waals surface area contributed by atoms with Crippen molar-refractivity contribution in [2.45, 2.75) is 69.9 Å². The molecular weight excluding hydrogens is 468 g/mol. The lowest BCUT2D eigenvalue weighted by Gasteiger charge is -2.34. The molecule has 2 aliphatic rings. The highest BCUT2D eigenvalue weighted by molar-refractivity contribution is 5.95. The second-order valence-corrected chi connectivity index (χ2v) is 10.2. The third-order valence-corrected chi connectivity index (χ3v) is 7.98. The van der Waals surface area contributed by atoms with Crippen LogP contribution in [-0.2, 0) is 22.4 Å². The van der Waals surface area contributed by atoms with E-state index in [1.54, 1.807) is 4.90 Å². The van der Waals surface area contributed by atoms with Crippen LogP contribution in [0.25, 0.3) is 11.0 Å². The fourth-order valence-corrected chi connectivity index (χ4v) is 6.11. The number of ether oxygens (including phenoxy) is 1. The van der Waals surface area contributed by atoms with E-state index in [1.807, 2.05) is 49.4 Å². The Morgan fingerprint density at radius 2 is 1.97 bits per heavy atom. The summed E-state index contributed by atoms with van der Waals surface area (Å²) in [4.78, 5) is 31.8. The Bertz CT molecular complexity index is 1360. The molecule has 2 aromatic carbocycles. The average molecular weight is 501 g/mol. The number of imidazole rings is 1. The van der Waals surface area contributed by atoms with E-state index in [-0.39, 0.29) is 24.4 Å². The predicted molar refractivity (Wildman–Crippen MR) is 140 cm³/mol. The smallest absolute Gasteiger partial charge is 0.414 e. The Hall–Kier alpha value is -3.86. The van der Waals surface area contributed by atoms with E-state index >= 15 is 0 Å². The van der Waals surface area contributed by atoms with Crippen LogP contribution in [0.2, 0.25) is 0 Å². The first-order valence-corrected chi connectivity index (χ1v) is 13.0. The van der Waals surface area contributed by atoms with Gasteiger partial charge in [0.05, 0.1) is 35.8 Å². The van der Waals surface area contributed by atoms with Gasteiger partial charge in [0.25, 0.3) is 0 Å².